The molecule has 2 rings (SSSR count). The Morgan fingerprint density at radius 1 is 1.19 bits per heavy atom. The number of hydrogen-bond acceptors (Lipinski definition) is 3. The maximum atomic E-state index is 12.3. The summed E-state index contributed by atoms with van der Waals surface area (Å²) in [5.41, 5.74) is 0.494. The second-order valence-corrected chi connectivity index (χ2v) is 6.01. The van der Waals surface area contributed by atoms with Crippen LogP contribution in [0.5, 0.6) is 0 Å². The van der Waals surface area contributed by atoms with Crippen LogP contribution in [-0.2, 0) is 9.59 Å². The molecule has 1 atom stereocenters. The summed E-state index contributed by atoms with van der Waals surface area (Å²) in [6, 6.07) is 9.09. The average molecular weight is 286 g/mol. The van der Waals surface area contributed by atoms with Crippen LogP contribution in [0.4, 0.5) is 5.69 Å². The van der Waals surface area contributed by atoms with E-state index in [1.807, 2.05) is 18.2 Å². The van der Waals surface area contributed by atoms with Crippen molar-refractivity contribution < 1.29 is 14.7 Å². The molecule has 0 saturated carbocycles. The van der Waals surface area contributed by atoms with E-state index < -0.39 is 23.2 Å². The maximum absolute atomic E-state index is 12.3. The first kappa shape index (κ1) is 15.0. The fraction of sp³-hybridized carbons (Fsp3) is 0.312. The largest absolute Gasteiger partial charge is 0.481 e. The number of carboxylic acids is 1. The highest BCUT2D eigenvalue weighted by molar-refractivity contribution is 6.08. The summed E-state index contributed by atoms with van der Waals surface area (Å²) in [4.78, 5) is 27.9. The molecule has 1 amide bonds. The molecule has 1 heterocycles. The van der Waals surface area contributed by atoms with Crippen LogP contribution in [0.2, 0.25) is 0 Å². The molecule has 1 unspecified atom stereocenters. The third-order valence-electron chi connectivity index (χ3n) is 3.27. The fourth-order valence-electron chi connectivity index (χ4n) is 2.29. The first-order chi connectivity index (χ1) is 9.80. The Hall–Kier alpha value is -2.43. The smallest absolute Gasteiger partial charge is 0.316 e. The Labute approximate surface area is 123 Å². The number of aliphatic carboxylic acids is 1. The monoisotopic (exact) mass is 286 g/mol. The molecule has 0 fully saturated rings. The zero-order valence-electron chi connectivity index (χ0n) is 12.3. The van der Waals surface area contributed by atoms with Crippen LogP contribution in [0, 0.1) is 11.3 Å². The summed E-state index contributed by atoms with van der Waals surface area (Å²) in [6.45, 7) is 5.19. The number of rotatable bonds is 3. The molecule has 1 aromatic carbocycles. The molecule has 0 bridgehead atoms. The molecule has 1 aromatic heterocycles. The predicted molar refractivity (Wildman–Crippen MR) is 81.0 cm³/mol. The van der Waals surface area contributed by atoms with E-state index in [2.05, 4.69) is 10.3 Å². The van der Waals surface area contributed by atoms with Gasteiger partial charge in [-0.05, 0) is 17.5 Å². The quantitative estimate of drug-likeness (QED) is 0.850. The molecule has 0 aliphatic rings. The number of benzene rings is 1. The summed E-state index contributed by atoms with van der Waals surface area (Å²) in [5.74, 6) is -2.79. The molecule has 0 saturated heterocycles. The molecule has 21 heavy (non-hydrogen) atoms. The first-order valence-corrected chi connectivity index (χ1v) is 6.68. The Balaban J connectivity index is 2.35. The Kier molecular flexibility index (Phi) is 3.93. The van der Waals surface area contributed by atoms with Crippen molar-refractivity contribution in [2.45, 2.75) is 20.8 Å². The molecule has 110 valence electrons. The fourth-order valence-corrected chi connectivity index (χ4v) is 2.29. The van der Waals surface area contributed by atoms with E-state index in [1.54, 1.807) is 39.1 Å². The number of amides is 1. The van der Waals surface area contributed by atoms with Crippen LogP contribution in [0.15, 0.2) is 36.5 Å². The number of carboxylic acid groups (broad SMARTS) is 1. The molecule has 2 aromatic rings. The van der Waals surface area contributed by atoms with E-state index in [1.165, 1.54) is 0 Å². The van der Waals surface area contributed by atoms with Crippen LogP contribution < -0.4 is 5.32 Å². The van der Waals surface area contributed by atoms with Gasteiger partial charge in [0.25, 0.3) is 0 Å². The van der Waals surface area contributed by atoms with Crippen molar-refractivity contribution in [1.82, 2.24) is 4.98 Å². The average Bonchev–Trinajstić information content (AvgIpc) is 2.37. The molecule has 0 radical (unpaired) electrons. The van der Waals surface area contributed by atoms with Gasteiger partial charge in [0.15, 0.2) is 0 Å². The number of pyridine rings is 1. The minimum Gasteiger partial charge on any atom is -0.481 e. The van der Waals surface area contributed by atoms with Crippen molar-refractivity contribution in [3.63, 3.8) is 0 Å². The summed E-state index contributed by atoms with van der Waals surface area (Å²) in [6.07, 6.45) is 1.64. The molecule has 0 aliphatic heterocycles. The molecule has 5 nitrogen and oxygen atoms in total. The lowest BCUT2D eigenvalue weighted by Gasteiger charge is -2.26. The highest BCUT2D eigenvalue weighted by Gasteiger charge is 2.37. The third kappa shape index (κ3) is 3.18. The van der Waals surface area contributed by atoms with Crippen molar-refractivity contribution >= 4 is 28.5 Å². The van der Waals surface area contributed by atoms with Gasteiger partial charge in [0.1, 0.15) is 5.92 Å². The van der Waals surface area contributed by atoms with Gasteiger partial charge < -0.3 is 10.4 Å². The van der Waals surface area contributed by atoms with Crippen molar-refractivity contribution in [3.05, 3.63) is 36.5 Å². The van der Waals surface area contributed by atoms with Crippen molar-refractivity contribution in [3.8, 4) is 0 Å². The lowest BCUT2D eigenvalue weighted by Crippen LogP contribution is -2.39. The summed E-state index contributed by atoms with van der Waals surface area (Å²) >= 11 is 0. The number of hydrogen-bond donors (Lipinski definition) is 2. The molecule has 5 heteroatoms. The van der Waals surface area contributed by atoms with Crippen LogP contribution in [0.1, 0.15) is 20.8 Å². The number of anilines is 1. The van der Waals surface area contributed by atoms with Gasteiger partial charge in [0.05, 0.1) is 11.2 Å². The highest BCUT2D eigenvalue weighted by atomic mass is 16.4. The number of nitrogens with one attached hydrogen (secondary N) is 1. The van der Waals surface area contributed by atoms with Crippen LogP contribution in [0.25, 0.3) is 10.9 Å². The number of carbonyl (C=O) groups excluding carboxylic acids is 1. The number of aromatic nitrogens is 1. The van der Waals surface area contributed by atoms with E-state index in [0.717, 1.165) is 5.39 Å². The van der Waals surface area contributed by atoms with Crippen molar-refractivity contribution in [2.75, 3.05) is 5.32 Å². The Morgan fingerprint density at radius 2 is 1.86 bits per heavy atom. The number of nitrogens with zero attached hydrogens (tertiary/aromatic N) is 1. The van der Waals surface area contributed by atoms with Gasteiger partial charge in [0.2, 0.25) is 5.91 Å². The lowest BCUT2D eigenvalue weighted by atomic mass is 9.80. The zero-order valence-corrected chi connectivity index (χ0v) is 12.3. The third-order valence-corrected chi connectivity index (χ3v) is 3.27. The van der Waals surface area contributed by atoms with Crippen molar-refractivity contribution in [2.24, 2.45) is 11.3 Å². The summed E-state index contributed by atoms with van der Waals surface area (Å²) in [7, 11) is 0. The van der Waals surface area contributed by atoms with Gasteiger partial charge >= 0.3 is 5.97 Å². The molecule has 0 aliphatic carbocycles. The van der Waals surface area contributed by atoms with E-state index in [9.17, 15) is 14.7 Å². The Bertz CT molecular complexity index is 684. The van der Waals surface area contributed by atoms with E-state index in [0.29, 0.717) is 11.2 Å². The van der Waals surface area contributed by atoms with E-state index in [-0.39, 0.29) is 0 Å². The number of carbonyl (C=O) groups is 2. The Morgan fingerprint density at radius 3 is 2.48 bits per heavy atom. The van der Waals surface area contributed by atoms with Gasteiger partial charge in [-0.15, -0.1) is 0 Å². The second kappa shape index (κ2) is 5.52. The molecule has 0 spiro atoms. The second-order valence-electron chi connectivity index (χ2n) is 6.01. The summed E-state index contributed by atoms with van der Waals surface area (Å²) in [5, 5.41) is 12.9. The van der Waals surface area contributed by atoms with E-state index in [4.69, 9.17) is 0 Å². The lowest BCUT2D eigenvalue weighted by molar-refractivity contribution is -0.149. The minimum absolute atomic E-state index is 0.522. The molecule has 2 N–H and O–H groups in total. The van der Waals surface area contributed by atoms with Gasteiger partial charge in [-0.1, -0.05) is 39.0 Å². The van der Waals surface area contributed by atoms with Crippen LogP contribution in [-0.4, -0.2) is 22.0 Å². The number of para-hydroxylation sites is 1. The van der Waals surface area contributed by atoms with E-state index >= 15 is 0 Å². The van der Waals surface area contributed by atoms with Crippen LogP contribution >= 0.6 is 0 Å². The first-order valence-electron chi connectivity index (χ1n) is 6.68. The summed E-state index contributed by atoms with van der Waals surface area (Å²) < 4.78 is 0. The SMILES string of the molecule is CC(C)(C)C(C(=O)O)C(=O)Nc1cccc2cccnc12. The number of fused-ring (bicyclic) bond motifs is 1. The molecular weight excluding hydrogens is 268 g/mol. The highest BCUT2D eigenvalue weighted by Crippen LogP contribution is 2.28. The zero-order chi connectivity index (χ0) is 15.6. The molecular formula is C16H18N2O3. The van der Waals surface area contributed by atoms with Gasteiger partial charge in [-0.25, -0.2) is 0 Å². The van der Waals surface area contributed by atoms with Crippen molar-refractivity contribution in [1.29, 1.82) is 0 Å². The van der Waals surface area contributed by atoms with Crippen LogP contribution in [0.3, 0.4) is 0 Å². The maximum Gasteiger partial charge on any atom is 0.316 e. The van der Waals surface area contributed by atoms with Gasteiger partial charge in [-0.3, -0.25) is 14.6 Å². The minimum atomic E-state index is -1.13. The normalized spacial score (nSPS) is 12.9. The topological polar surface area (TPSA) is 79.3 Å². The van der Waals surface area contributed by atoms with Gasteiger partial charge in [0, 0.05) is 11.6 Å². The standard InChI is InChI=1S/C16H18N2O3/c1-16(2,3)12(15(20)21)14(19)18-11-8-4-6-10-7-5-9-17-13(10)11/h4-9,12H,1-3H3,(H,18,19)(H,20,21). The van der Waals surface area contributed by atoms with Gasteiger partial charge in [-0.2, -0.15) is 0 Å². The predicted octanol–water partition coefficient (Wildman–Crippen LogP) is 2.92.